The van der Waals surface area contributed by atoms with Crippen molar-refractivity contribution < 1.29 is 32.4 Å². The van der Waals surface area contributed by atoms with Gasteiger partial charge in [0.2, 0.25) is 0 Å². The lowest BCUT2D eigenvalue weighted by Crippen LogP contribution is -2.65. The summed E-state index contributed by atoms with van der Waals surface area (Å²) >= 11 is 0. The lowest BCUT2D eigenvalue weighted by atomic mass is 9.43. The zero-order valence-electron chi connectivity index (χ0n) is 15.1. The largest absolute Gasteiger partial charge is 0.490 e. The minimum atomic E-state index is -5.08. The Labute approximate surface area is 146 Å². The third kappa shape index (κ3) is 3.69. The molecule has 5 nitrogen and oxygen atoms in total. The number of carbonyl (C=O) groups is 1. The van der Waals surface area contributed by atoms with Crippen LogP contribution in [-0.2, 0) is 14.1 Å². The highest BCUT2D eigenvalue weighted by Crippen LogP contribution is 2.65. The van der Waals surface area contributed by atoms with Crippen molar-refractivity contribution in [2.75, 3.05) is 0 Å². The van der Waals surface area contributed by atoms with Gasteiger partial charge < -0.3 is 20.1 Å². The summed E-state index contributed by atoms with van der Waals surface area (Å²) in [5, 5.41) is 7.12. The predicted octanol–water partition coefficient (Wildman–Crippen LogP) is 3.01. The lowest BCUT2D eigenvalue weighted by molar-refractivity contribution is -0.199. The van der Waals surface area contributed by atoms with Gasteiger partial charge >= 0.3 is 19.3 Å². The van der Waals surface area contributed by atoms with Crippen LogP contribution in [0, 0.1) is 17.3 Å². The Morgan fingerprint density at radius 3 is 2.36 bits per heavy atom. The number of aliphatic carboxylic acids is 1. The first-order valence-corrected chi connectivity index (χ1v) is 8.73. The summed E-state index contributed by atoms with van der Waals surface area (Å²) < 4.78 is 44.2. The number of hydrogen-bond acceptors (Lipinski definition) is 4. The van der Waals surface area contributed by atoms with E-state index >= 15 is 0 Å². The number of carboxylic acids is 1. The summed E-state index contributed by atoms with van der Waals surface area (Å²) in [6.07, 6.45) is -0.301. The molecule has 4 aliphatic rings. The van der Waals surface area contributed by atoms with Gasteiger partial charge in [-0.1, -0.05) is 27.2 Å². The molecule has 0 aromatic rings. The van der Waals surface area contributed by atoms with Gasteiger partial charge in [0.15, 0.2) is 0 Å². The van der Waals surface area contributed by atoms with Gasteiger partial charge in [-0.25, -0.2) is 4.79 Å². The summed E-state index contributed by atoms with van der Waals surface area (Å²) in [5.41, 5.74) is 6.49. The van der Waals surface area contributed by atoms with Gasteiger partial charge in [0, 0.05) is 5.94 Å². The smallest absolute Gasteiger partial charge is 0.475 e. The molecule has 0 aromatic heterocycles. The van der Waals surface area contributed by atoms with Crippen LogP contribution < -0.4 is 5.73 Å². The SMILES string of the molecule is CCCC(N)B1OC2CC3CC(C3(C)C)[C@]2(C)O1.O=C(O)C(F)(F)F. The Morgan fingerprint density at radius 1 is 1.36 bits per heavy atom. The average Bonchev–Trinajstić information content (AvgIpc) is 2.84. The highest BCUT2D eigenvalue weighted by atomic mass is 19.4. The fourth-order valence-corrected chi connectivity index (χ4v) is 4.55. The van der Waals surface area contributed by atoms with Gasteiger partial charge in [-0.3, -0.25) is 0 Å². The van der Waals surface area contributed by atoms with Crippen molar-refractivity contribution >= 4 is 13.1 Å². The van der Waals surface area contributed by atoms with E-state index in [0.29, 0.717) is 11.3 Å². The molecule has 3 saturated carbocycles. The molecule has 5 atom stereocenters. The third-order valence-corrected chi connectivity index (χ3v) is 6.18. The summed E-state index contributed by atoms with van der Waals surface area (Å²) in [5.74, 6) is -1.29. The summed E-state index contributed by atoms with van der Waals surface area (Å²) in [4.78, 5) is 8.90. The number of carboxylic acid groups (broad SMARTS) is 1. The molecule has 0 amide bonds. The van der Waals surface area contributed by atoms with E-state index in [4.69, 9.17) is 24.9 Å². The Morgan fingerprint density at radius 2 is 1.92 bits per heavy atom. The van der Waals surface area contributed by atoms with Gasteiger partial charge in [-0.15, -0.1) is 0 Å². The van der Waals surface area contributed by atoms with E-state index in [0.717, 1.165) is 25.2 Å². The van der Waals surface area contributed by atoms with E-state index in [2.05, 4.69) is 27.7 Å². The highest BCUT2D eigenvalue weighted by Gasteiger charge is 2.68. The first kappa shape index (κ1) is 20.5. The molecule has 4 fully saturated rings. The molecule has 0 radical (unpaired) electrons. The topological polar surface area (TPSA) is 81.8 Å². The van der Waals surface area contributed by atoms with Crippen LogP contribution in [-0.4, -0.2) is 42.0 Å². The van der Waals surface area contributed by atoms with Crippen LogP contribution in [0.5, 0.6) is 0 Å². The molecule has 0 spiro atoms. The molecule has 1 heterocycles. The Bertz CT molecular complexity index is 516. The van der Waals surface area contributed by atoms with E-state index < -0.39 is 12.1 Å². The van der Waals surface area contributed by atoms with Gasteiger partial charge in [0.25, 0.3) is 0 Å². The Hall–Kier alpha value is -0.795. The molecule has 9 heteroatoms. The minimum Gasteiger partial charge on any atom is -0.475 e. The summed E-state index contributed by atoms with van der Waals surface area (Å²) in [6, 6.07) is 0. The van der Waals surface area contributed by atoms with E-state index in [9.17, 15) is 13.2 Å². The van der Waals surface area contributed by atoms with Crippen molar-refractivity contribution in [3.05, 3.63) is 0 Å². The average molecular weight is 365 g/mol. The number of nitrogens with two attached hydrogens (primary N) is 1. The van der Waals surface area contributed by atoms with Crippen LogP contribution >= 0.6 is 0 Å². The van der Waals surface area contributed by atoms with Crippen LogP contribution in [0.2, 0.25) is 0 Å². The molecule has 0 aromatic carbocycles. The molecular weight excluding hydrogens is 338 g/mol. The molecule has 3 N–H and O–H groups in total. The van der Waals surface area contributed by atoms with Gasteiger partial charge in [-0.2, -0.15) is 13.2 Å². The molecule has 1 aliphatic heterocycles. The summed E-state index contributed by atoms with van der Waals surface area (Å²) in [6.45, 7) is 9.17. The zero-order valence-corrected chi connectivity index (χ0v) is 15.1. The first-order valence-electron chi connectivity index (χ1n) is 8.73. The number of hydrogen-bond donors (Lipinski definition) is 2. The molecule has 25 heavy (non-hydrogen) atoms. The minimum absolute atomic E-state index is 0.0257. The Balaban J connectivity index is 0.000000277. The molecule has 3 aliphatic carbocycles. The van der Waals surface area contributed by atoms with E-state index in [1.165, 1.54) is 6.42 Å². The number of alkyl halides is 3. The molecule has 1 saturated heterocycles. The van der Waals surface area contributed by atoms with Crippen molar-refractivity contribution in [2.24, 2.45) is 23.0 Å². The number of halogens is 3. The molecule has 2 bridgehead atoms. The van der Waals surface area contributed by atoms with Crippen LogP contribution in [0.1, 0.15) is 53.4 Å². The van der Waals surface area contributed by atoms with Gasteiger partial charge in [-0.05, 0) is 43.4 Å². The van der Waals surface area contributed by atoms with Crippen molar-refractivity contribution in [1.82, 2.24) is 0 Å². The van der Waals surface area contributed by atoms with Crippen molar-refractivity contribution in [3.8, 4) is 0 Å². The number of rotatable bonds is 3. The second kappa shape index (κ2) is 6.74. The van der Waals surface area contributed by atoms with Gasteiger partial charge in [0.1, 0.15) is 0 Å². The van der Waals surface area contributed by atoms with Crippen molar-refractivity contribution in [3.63, 3.8) is 0 Å². The maximum absolute atomic E-state index is 10.6. The predicted molar refractivity (Wildman–Crippen MR) is 86.7 cm³/mol. The van der Waals surface area contributed by atoms with Crippen molar-refractivity contribution in [2.45, 2.75) is 77.2 Å². The quantitative estimate of drug-likeness (QED) is 0.752. The molecular formula is C16H27BF3NO4. The second-order valence-electron chi connectivity index (χ2n) is 8.09. The van der Waals surface area contributed by atoms with E-state index in [1.54, 1.807) is 0 Å². The zero-order chi connectivity index (χ0) is 19.2. The van der Waals surface area contributed by atoms with Crippen LogP contribution in [0.3, 0.4) is 0 Å². The molecule has 4 unspecified atom stereocenters. The highest BCUT2D eigenvalue weighted by molar-refractivity contribution is 6.47. The maximum atomic E-state index is 10.6. The van der Waals surface area contributed by atoms with E-state index in [1.807, 2.05) is 0 Å². The maximum Gasteiger partial charge on any atom is 0.490 e. The third-order valence-electron chi connectivity index (χ3n) is 6.18. The fourth-order valence-electron chi connectivity index (χ4n) is 4.55. The summed E-state index contributed by atoms with van der Waals surface area (Å²) in [7, 11) is -0.185. The van der Waals surface area contributed by atoms with Crippen LogP contribution in [0.15, 0.2) is 0 Å². The second-order valence-corrected chi connectivity index (χ2v) is 8.09. The van der Waals surface area contributed by atoms with E-state index in [-0.39, 0.29) is 24.8 Å². The first-order chi connectivity index (χ1) is 11.3. The fraction of sp³-hybridized carbons (Fsp3) is 0.938. The molecule has 4 rings (SSSR count). The Kier molecular flexibility index (Phi) is 5.53. The standard InChI is InChI=1S/C14H26BNO2.C2HF3O2/c1-5-6-12(16)15-17-11-8-9-7-10(13(9,2)3)14(11,4)18-15;3-2(4,5)1(6)7/h9-12H,5-8,16H2,1-4H3;(H,6,7)/t9?,10?,11?,12?,14-;/m0./s1. The van der Waals surface area contributed by atoms with Crippen molar-refractivity contribution in [1.29, 1.82) is 0 Å². The van der Waals surface area contributed by atoms with Crippen LogP contribution in [0.25, 0.3) is 0 Å². The monoisotopic (exact) mass is 365 g/mol. The normalized spacial score (nSPS) is 36.6. The lowest BCUT2D eigenvalue weighted by Gasteiger charge is -2.64. The van der Waals surface area contributed by atoms with Crippen LogP contribution in [0.4, 0.5) is 13.2 Å². The molecule has 144 valence electrons. The van der Waals surface area contributed by atoms with Gasteiger partial charge in [0.05, 0.1) is 11.7 Å².